The van der Waals surface area contributed by atoms with Gasteiger partial charge in [-0.25, -0.2) is 4.79 Å². The molecule has 2 amide bonds. The van der Waals surface area contributed by atoms with Gasteiger partial charge in [0.05, 0.1) is 16.5 Å². The van der Waals surface area contributed by atoms with Crippen LogP contribution in [-0.4, -0.2) is 55.1 Å². The minimum Gasteiger partial charge on any atom is -0.453 e. The van der Waals surface area contributed by atoms with Gasteiger partial charge in [0.25, 0.3) is 5.91 Å². The lowest BCUT2D eigenvalue weighted by atomic mass is 10.3. The van der Waals surface area contributed by atoms with Crippen molar-refractivity contribution in [1.29, 1.82) is 0 Å². The number of carbonyl (C=O) groups is 2. The molecule has 0 aromatic carbocycles. The van der Waals surface area contributed by atoms with E-state index in [-0.39, 0.29) is 12.0 Å². The molecule has 1 saturated heterocycles. The molecule has 0 saturated carbocycles. The maximum absolute atomic E-state index is 12.3. The zero-order valence-electron chi connectivity index (χ0n) is 10.6. The average Bonchev–Trinajstić information content (AvgIpc) is 2.71. The number of carbonyl (C=O) groups excluding carboxylic acids is 2. The number of amides is 2. The van der Waals surface area contributed by atoms with E-state index in [0.717, 1.165) is 10.2 Å². The Hall–Kier alpha value is -1.08. The fourth-order valence-corrected chi connectivity index (χ4v) is 3.17. The van der Waals surface area contributed by atoms with Gasteiger partial charge in [0.1, 0.15) is 0 Å². The van der Waals surface area contributed by atoms with Gasteiger partial charge < -0.3 is 14.5 Å². The monoisotopic (exact) mass is 346 g/mol. The molecule has 1 aliphatic heterocycles. The summed E-state index contributed by atoms with van der Waals surface area (Å²) >= 11 is 4.85. The fraction of sp³-hybridized carbons (Fsp3) is 0.500. The third kappa shape index (κ3) is 3.48. The summed E-state index contributed by atoms with van der Waals surface area (Å²) in [6.45, 7) is 2.36. The van der Waals surface area contributed by atoms with Crippen molar-refractivity contribution in [2.24, 2.45) is 0 Å². The topological polar surface area (TPSA) is 49.9 Å². The third-order valence-corrected chi connectivity index (χ3v) is 4.53. The van der Waals surface area contributed by atoms with Crippen molar-refractivity contribution < 1.29 is 14.3 Å². The van der Waals surface area contributed by atoms with Crippen LogP contribution in [0.5, 0.6) is 0 Å². The number of hydrogen-bond acceptors (Lipinski definition) is 4. The van der Waals surface area contributed by atoms with Gasteiger partial charge in [0.2, 0.25) is 0 Å². The minimum atomic E-state index is -0.326. The zero-order chi connectivity index (χ0) is 13.8. The van der Waals surface area contributed by atoms with Crippen LogP contribution in [0.2, 0.25) is 0 Å². The number of halogens is 1. The van der Waals surface area contributed by atoms with Crippen LogP contribution in [-0.2, 0) is 4.74 Å². The van der Waals surface area contributed by atoms with Gasteiger partial charge in [0.15, 0.2) is 0 Å². The third-order valence-electron chi connectivity index (χ3n) is 3.03. The van der Waals surface area contributed by atoms with Crippen LogP contribution in [0.4, 0.5) is 4.79 Å². The van der Waals surface area contributed by atoms with Crippen molar-refractivity contribution in [3.63, 3.8) is 0 Å². The first-order chi connectivity index (χ1) is 9.11. The molecule has 2 heterocycles. The van der Waals surface area contributed by atoms with Gasteiger partial charge in [-0.15, -0.1) is 11.3 Å². The zero-order valence-corrected chi connectivity index (χ0v) is 13.0. The first kappa shape index (κ1) is 14.3. The Morgan fingerprint density at radius 2 is 1.95 bits per heavy atom. The Morgan fingerprint density at radius 1 is 1.26 bits per heavy atom. The van der Waals surface area contributed by atoms with Crippen LogP contribution in [0, 0.1) is 0 Å². The first-order valence-corrected chi connectivity index (χ1v) is 7.65. The van der Waals surface area contributed by atoms with Gasteiger partial charge >= 0.3 is 6.09 Å². The minimum absolute atomic E-state index is 0.0219. The second kappa shape index (κ2) is 6.38. The molecule has 0 unspecified atom stereocenters. The predicted octanol–water partition coefficient (Wildman–Crippen LogP) is 2.42. The molecule has 1 aromatic rings. The highest BCUT2D eigenvalue weighted by Gasteiger charge is 2.23. The van der Waals surface area contributed by atoms with E-state index in [0.29, 0.717) is 31.7 Å². The Balaban J connectivity index is 1.99. The number of nitrogens with zero attached hydrogens (tertiary/aromatic N) is 2. The molecule has 0 atom stereocenters. The molecule has 7 heteroatoms. The normalized spacial score (nSPS) is 16.1. The van der Waals surface area contributed by atoms with E-state index in [2.05, 4.69) is 15.9 Å². The van der Waals surface area contributed by atoms with E-state index in [4.69, 9.17) is 4.74 Å². The summed E-state index contributed by atoms with van der Waals surface area (Å²) < 4.78 is 5.65. The largest absolute Gasteiger partial charge is 0.453 e. The Morgan fingerprint density at radius 3 is 2.58 bits per heavy atom. The Kier molecular flexibility index (Phi) is 4.81. The summed E-state index contributed by atoms with van der Waals surface area (Å²) in [7, 11) is 1.37. The molecule has 0 radical (unpaired) electrons. The van der Waals surface area contributed by atoms with Crippen LogP contribution in [0.25, 0.3) is 0 Å². The first-order valence-electron chi connectivity index (χ1n) is 5.98. The van der Waals surface area contributed by atoms with Crippen molar-refractivity contribution in [2.75, 3.05) is 33.3 Å². The van der Waals surface area contributed by atoms with Gasteiger partial charge in [-0.3, -0.25) is 4.79 Å². The molecule has 0 aliphatic carbocycles. The van der Waals surface area contributed by atoms with Gasteiger partial charge in [0, 0.05) is 31.6 Å². The van der Waals surface area contributed by atoms with Crippen LogP contribution in [0.3, 0.4) is 0 Å². The van der Waals surface area contributed by atoms with Crippen molar-refractivity contribution in [3.8, 4) is 0 Å². The Bertz CT molecular complexity index is 477. The van der Waals surface area contributed by atoms with Crippen LogP contribution >= 0.6 is 27.3 Å². The average molecular weight is 347 g/mol. The standard InChI is InChI=1S/C12H15BrN2O3S/c1-18-12(17)15-4-2-3-14(5-6-15)11(16)9-7-10(13)19-8-9/h7-8H,2-6H2,1H3. The van der Waals surface area contributed by atoms with Gasteiger partial charge in [-0.1, -0.05) is 0 Å². The number of methoxy groups -OCH3 is 1. The molecule has 1 aliphatic rings. The fourth-order valence-electron chi connectivity index (χ4n) is 2.04. The quantitative estimate of drug-likeness (QED) is 0.784. The molecule has 2 rings (SSSR count). The molecule has 1 aromatic heterocycles. The van der Waals surface area contributed by atoms with Crippen molar-refractivity contribution >= 4 is 39.3 Å². The molecular formula is C12H15BrN2O3S. The van der Waals surface area contributed by atoms with Crippen molar-refractivity contribution in [1.82, 2.24) is 9.80 Å². The summed E-state index contributed by atoms with van der Waals surface area (Å²) in [5.74, 6) is 0.0219. The summed E-state index contributed by atoms with van der Waals surface area (Å²) in [6, 6.07) is 1.83. The number of thiophene rings is 1. The van der Waals surface area contributed by atoms with Gasteiger partial charge in [-0.05, 0) is 28.4 Å². The van der Waals surface area contributed by atoms with Crippen LogP contribution in [0.1, 0.15) is 16.8 Å². The highest BCUT2D eigenvalue weighted by Crippen LogP contribution is 2.22. The van der Waals surface area contributed by atoms with E-state index in [1.165, 1.54) is 18.4 Å². The highest BCUT2D eigenvalue weighted by molar-refractivity contribution is 9.11. The molecule has 5 nitrogen and oxygen atoms in total. The number of hydrogen-bond donors (Lipinski definition) is 0. The lowest BCUT2D eigenvalue weighted by Gasteiger charge is -2.20. The molecule has 0 N–H and O–H groups in total. The van der Waals surface area contributed by atoms with Crippen molar-refractivity contribution in [3.05, 3.63) is 20.8 Å². The highest BCUT2D eigenvalue weighted by atomic mass is 79.9. The summed E-state index contributed by atoms with van der Waals surface area (Å²) in [6.07, 6.45) is 0.444. The van der Waals surface area contributed by atoms with Gasteiger partial charge in [-0.2, -0.15) is 0 Å². The number of rotatable bonds is 1. The predicted molar refractivity (Wildman–Crippen MR) is 76.5 cm³/mol. The lowest BCUT2D eigenvalue weighted by Crippen LogP contribution is -2.37. The maximum Gasteiger partial charge on any atom is 0.409 e. The second-order valence-electron chi connectivity index (χ2n) is 4.24. The van der Waals surface area contributed by atoms with E-state index in [1.807, 2.05) is 11.4 Å². The van der Waals surface area contributed by atoms with E-state index in [9.17, 15) is 9.59 Å². The number of ether oxygens (including phenoxy) is 1. The smallest absolute Gasteiger partial charge is 0.409 e. The van der Waals surface area contributed by atoms with Crippen LogP contribution in [0.15, 0.2) is 15.2 Å². The SMILES string of the molecule is COC(=O)N1CCCN(C(=O)c2csc(Br)c2)CC1. The molecule has 0 spiro atoms. The molecule has 1 fully saturated rings. The molecule has 19 heavy (non-hydrogen) atoms. The summed E-state index contributed by atoms with van der Waals surface area (Å²) in [4.78, 5) is 27.2. The van der Waals surface area contributed by atoms with E-state index in [1.54, 1.807) is 9.80 Å². The molecule has 0 bridgehead atoms. The second-order valence-corrected chi connectivity index (χ2v) is 6.53. The van der Waals surface area contributed by atoms with E-state index < -0.39 is 0 Å². The van der Waals surface area contributed by atoms with Crippen LogP contribution < -0.4 is 0 Å². The van der Waals surface area contributed by atoms with Crippen molar-refractivity contribution in [2.45, 2.75) is 6.42 Å². The Labute approximate surface area is 124 Å². The lowest BCUT2D eigenvalue weighted by molar-refractivity contribution is 0.0757. The van der Waals surface area contributed by atoms with E-state index >= 15 is 0 Å². The molecule has 104 valence electrons. The summed E-state index contributed by atoms with van der Waals surface area (Å²) in [5.41, 5.74) is 0.698. The summed E-state index contributed by atoms with van der Waals surface area (Å²) in [5, 5.41) is 1.84. The maximum atomic E-state index is 12.3. The molecular weight excluding hydrogens is 332 g/mol.